The standard InChI is InChI=1S/C36H32N2O4/c1-36(2,3)42-35(40)29-19-17-27(26-14-8-5-9-15-26)22-32(29)38-34(39)30-20-18-28(31-16-10-11-21-37-31)23-33(30)41-24-25-12-6-4-7-13-25/h4-23H,24H2,1-3H3,(H,38,39). The van der Waals surface area contributed by atoms with Gasteiger partial charge in [0.1, 0.15) is 18.0 Å². The van der Waals surface area contributed by atoms with Gasteiger partial charge in [-0.3, -0.25) is 9.78 Å². The molecule has 1 amide bonds. The molecule has 0 aliphatic rings. The number of amides is 1. The minimum atomic E-state index is -0.698. The molecule has 0 aliphatic heterocycles. The number of ether oxygens (including phenoxy) is 2. The Hall–Kier alpha value is -5.23. The lowest BCUT2D eigenvalue weighted by molar-refractivity contribution is 0.00707. The number of nitrogens with zero attached hydrogens (tertiary/aromatic N) is 1. The minimum Gasteiger partial charge on any atom is -0.488 e. The van der Waals surface area contributed by atoms with Crippen molar-refractivity contribution in [3.05, 3.63) is 138 Å². The second-order valence-corrected chi connectivity index (χ2v) is 10.8. The maximum absolute atomic E-state index is 13.8. The van der Waals surface area contributed by atoms with Crippen LogP contribution < -0.4 is 10.1 Å². The van der Waals surface area contributed by atoms with Crippen LogP contribution >= 0.6 is 0 Å². The second-order valence-electron chi connectivity index (χ2n) is 10.8. The van der Waals surface area contributed by atoms with E-state index < -0.39 is 17.5 Å². The third-order valence-corrected chi connectivity index (χ3v) is 6.42. The summed E-state index contributed by atoms with van der Waals surface area (Å²) < 4.78 is 11.9. The van der Waals surface area contributed by atoms with Gasteiger partial charge >= 0.3 is 5.97 Å². The highest BCUT2D eigenvalue weighted by molar-refractivity contribution is 6.10. The van der Waals surface area contributed by atoms with E-state index >= 15 is 0 Å². The first-order chi connectivity index (χ1) is 20.3. The average molecular weight is 557 g/mol. The van der Waals surface area contributed by atoms with Crippen LogP contribution in [0.15, 0.2) is 121 Å². The van der Waals surface area contributed by atoms with Gasteiger partial charge in [0.15, 0.2) is 0 Å². The minimum absolute atomic E-state index is 0.259. The summed E-state index contributed by atoms with van der Waals surface area (Å²) in [4.78, 5) is 31.5. The maximum atomic E-state index is 13.8. The number of nitrogens with one attached hydrogen (secondary N) is 1. The number of aromatic nitrogens is 1. The summed E-state index contributed by atoms with van der Waals surface area (Å²) in [6.07, 6.45) is 1.72. The lowest BCUT2D eigenvalue weighted by Crippen LogP contribution is -2.25. The Balaban J connectivity index is 1.51. The molecule has 0 bridgehead atoms. The molecular formula is C36H32N2O4. The Morgan fingerprint density at radius 2 is 1.38 bits per heavy atom. The zero-order chi connectivity index (χ0) is 29.5. The van der Waals surface area contributed by atoms with E-state index in [-0.39, 0.29) is 12.2 Å². The van der Waals surface area contributed by atoms with Crippen LogP contribution in [0.4, 0.5) is 5.69 Å². The summed E-state index contributed by atoms with van der Waals surface area (Å²) >= 11 is 0. The van der Waals surface area contributed by atoms with E-state index in [0.29, 0.717) is 17.0 Å². The normalized spacial score (nSPS) is 11.0. The van der Waals surface area contributed by atoms with Crippen LogP contribution in [0.25, 0.3) is 22.4 Å². The molecule has 0 fully saturated rings. The van der Waals surface area contributed by atoms with Crippen LogP contribution in [0.5, 0.6) is 5.75 Å². The second kappa shape index (κ2) is 12.5. The molecule has 0 spiro atoms. The van der Waals surface area contributed by atoms with Crippen molar-refractivity contribution in [1.29, 1.82) is 0 Å². The molecule has 0 atom stereocenters. The molecule has 0 saturated heterocycles. The van der Waals surface area contributed by atoms with Crippen molar-refractivity contribution in [1.82, 2.24) is 4.98 Å². The molecular weight excluding hydrogens is 524 g/mol. The first kappa shape index (κ1) is 28.3. The predicted molar refractivity (Wildman–Crippen MR) is 165 cm³/mol. The van der Waals surface area contributed by atoms with E-state index in [2.05, 4.69) is 10.3 Å². The van der Waals surface area contributed by atoms with Crippen LogP contribution in [0.3, 0.4) is 0 Å². The molecule has 5 rings (SSSR count). The van der Waals surface area contributed by atoms with Crippen molar-refractivity contribution in [3.63, 3.8) is 0 Å². The Morgan fingerprint density at radius 1 is 0.714 bits per heavy atom. The molecule has 1 aromatic heterocycles. The molecule has 5 aromatic rings. The van der Waals surface area contributed by atoms with Gasteiger partial charge in [-0.05, 0) is 73.9 Å². The SMILES string of the molecule is CC(C)(C)OC(=O)c1ccc(-c2ccccc2)cc1NC(=O)c1ccc(-c2ccccn2)cc1OCc1ccccc1. The Kier molecular flexibility index (Phi) is 8.44. The van der Waals surface area contributed by atoms with Gasteiger partial charge in [0.05, 0.1) is 22.5 Å². The van der Waals surface area contributed by atoms with Gasteiger partial charge in [0.25, 0.3) is 5.91 Å². The van der Waals surface area contributed by atoms with E-state index in [1.165, 1.54) is 0 Å². The summed E-state index contributed by atoms with van der Waals surface area (Å²) in [6, 6.07) is 35.9. The number of rotatable bonds is 8. The van der Waals surface area contributed by atoms with Gasteiger partial charge in [-0.15, -0.1) is 0 Å². The Labute approximate surface area is 246 Å². The first-order valence-corrected chi connectivity index (χ1v) is 13.7. The van der Waals surface area contributed by atoms with Crippen LogP contribution in [0.1, 0.15) is 47.1 Å². The van der Waals surface area contributed by atoms with Crippen molar-refractivity contribution >= 4 is 17.6 Å². The van der Waals surface area contributed by atoms with Crippen molar-refractivity contribution in [3.8, 4) is 28.1 Å². The Morgan fingerprint density at radius 3 is 2.07 bits per heavy atom. The van der Waals surface area contributed by atoms with Gasteiger partial charge < -0.3 is 14.8 Å². The predicted octanol–water partition coefficient (Wildman–Crippen LogP) is 8.20. The third kappa shape index (κ3) is 7.09. The summed E-state index contributed by atoms with van der Waals surface area (Å²) in [5.41, 5.74) is 4.58. The van der Waals surface area contributed by atoms with Crippen molar-refractivity contribution in [2.45, 2.75) is 33.0 Å². The van der Waals surface area contributed by atoms with Gasteiger partial charge in [0.2, 0.25) is 0 Å². The van der Waals surface area contributed by atoms with E-state index in [1.807, 2.05) is 97.1 Å². The molecule has 4 aromatic carbocycles. The monoisotopic (exact) mass is 556 g/mol. The lowest BCUT2D eigenvalue weighted by Gasteiger charge is -2.21. The molecule has 1 heterocycles. The zero-order valence-electron chi connectivity index (χ0n) is 23.8. The fraction of sp³-hybridized carbons (Fsp3) is 0.139. The number of hydrogen-bond donors (Lipinski definition) is 1. The van der Waals surface area contributed by atoms with Gasteiger partial charge in [-0.2, -0.15) is 0 Å². The van der Waals surface area contributed by atoms with Gasteiger partial charge in [-0.1, -0.05) is 78.9 Å². The highest BCUT2D eigenvalue weighted by Gasteiger charge is 2.23. The fourth-order valence-corrected chi connectivity index (χ4v) is 4.42. The number of hydrogen-bond acceptors (Lipinski definition) is 5. The lowest BCUT2D eigenvalue weighted by atomic mass is 10.0. The molecule has 1 N–H and O–H groups in total. The van der Waals surface area contributed by atoms with E-state index in [4.69, 9.17) is 9.47 Å². The summed E-state index contributed by atoms with van der Waals surface area (Å²) in [6.45, 7) is 5.70. The fourth-order valence-electron chi connectivity index (χ4n) is 4.42. The van der Waals surface area contributed by atoms with Gasteiger partial charge in [0, 0.05) is 11.8 Å². The molecule has 0 radical (unpaired) electrons. The van der Waals surface area contributed by atoms with Crippen molar-refractivity contribution < 1.29 is 19.1 Å². The smallest absolute Gasteiger partial charge is 0.340 e. The zero-order valence-corrected chi connectivity index (χ0v) is 23.8. The summed E-state index contributed by atoms with van der Waals surface area (Å²) in [7, 11) is 0. The van der Waals surface area contributed by atoms with E-state index in [9.17, 15) is 9.59 Å². The average Bonchev–Trinajstić information content (AvgIpc) is 3.00. The number of carbonyl (C=O) groups is 2. The summed E-state index contributed by atoms with van der Waals surface area (Å²) in [5.74, 6) is -0.540. The van der Waals surface area contributed by atoms with E-state index in [0.717, 1.165) is 27.9 Å². The van der Waals surface area contributed by atoms with Crippen LogP contribution in [-0.2, 0) is 11.3 Å². The summed E-state index contributed by atoms with van der Waals surface area (Å²) in [5, 5.41) is 2.97. The van der Waals surface area contributed by atoms with E-state index in [1.54, 1.807) is 45.2 Å². The molecule has 0 saturated carbocycles. The molecule has 0 unspecified atom stereocenters. The van der Waals surface area contributed by atoms with Gasteiger partial charge in [-0.25, -0.2) is 4.79 Å². The molecule has 0 aliphatic carbocycles. The highest BCUT2D eigenvalue weighted by Crippen LogP contribution is 2.31. The number of pyridine rings is 1. The Bertz CT molecular complexity index is 1680. The first-order valence-electron chi connectivity index (χ1n) is 13.7. The van der Waals surface area contributed by atoms with Crippen molar-refractivity contribution in [2.75, 3.05) is 5.32 Å². The molecule has 210 valence electrons. The quantitative estimate of drug-likeness (QED) is 0.195. The van der Waals surface area contributed by atoms with Crippen molar-refractivity contribution in [2.24, 2.45) is 0 Å². The number of esters is 1. The topological polar surface area (TPSA) is 77.5 Å². The number of carbonyl (C=O) groups excluding carboxylic acids is 2. The van der Waals surface area contributed by atoms with Crippen LogP contribution in [0, 0.1) is 0 Å². The third-order valence-electron chi connectivity index (χ3n) is 6.42. The van der Waals surface area contributed by atoms with Crippen LogP contribution in [-0.4, -0.2) is 22.5 Å². The molecule has 42 heavy (non-hydrogen) atoms. The van der Waals surface area contributed by atoms with Crippen LogP contribution in [0.2, 0.25) is 0 Å². The maximum Gasteiger partial charge on any atom is 0.340 e. The molecule has 6 heteroatoms. The largest absolute Gasteiger partial charge is 0.488 e. The molecule has 6 nitrogen and oxygen atoms in total. The number of anilines is 1. The number of benzene rings is 4. The highest BCUT2D eigenvalue weighted by atomic mass is 16.6.